The molecule has 0 spiro atoms. The number of imide groups is 1. The number of ether oxygens (including phenoxy) is 1. The van der Waals surface area contributed by atoms with E-state index < -0.39 is 23.5 Å². The first-order valence-electron chi connectivity index (χ1n) is 15.4. The fourth-order valence-electron chi connectivity index (χ4n) is 6.49. The Labute approximate surface area is 279 Å². The fourth-order valence-corrected chi connectivity index (χ4v) is 7.85. The zero-order chi connectivity index (χ0) is 32.5. The molecular formula is C35H31ClN6O4S. The lowest BCUT2D eigenvalue weighted by Crippen LogP contribution is -2.41. The van der Waals surface area contributed by atoms with E-state index in [-0.39, 0.29) is 25.5 Å². The zero-order valence-electron chi connectivity index (χ0n) is 25.4. The molecular weight excluding hydrogens is 636 g/mol. The number of hydrogen-bond donors (Lipinski definition) is 2. The van der Waals surface area contributed by atoms with Gasteiger partial charge >= 0.3 is 6.09 Å². The molecule has 2 saturated heterocycles. The number of amides is 3. The second-order valence-electron chi connectivity index (χ2n) is 12.0. The Bertz CT molecular complexity index is 2050. The van der Waals surface area contributed by atoms with Crippen LogP contribution >= 0.6 is 22.9 Å². The Balaban J connectivity index is 1.13. The average Bonchev–Trinajstić information content (AvgIpc) is 3.76. The Morgan fingerprint density at radius 1 is 1.13 bits per heavy atom. The number of carbonyl (C=O) groups excluding carboxylic acids is 3. The molecule has 0 unspecified atom stereocenters. The highest BCUT2D eigenvalue weighted by molar-refractivity contribution is 7.19. The maximum absolute atomic E-state index is 13.2. The fraction of sp³-hybridized carbons (Fsp3) is 0.286. The number of nitriles is 1. The van der Waals surface area contributed by atoms with Crippen molar-refractivity contribution in [2.45, 2.75) is 45.0 Å². The van der Waals surface area contributed by atoms with Gasteiger partial charge in [-0.05, 0) is 61.8 Å². The van der Waals surface area contributed by atoms with Gasteiger partial charge in [-0.25, -0.2) is 4.79 Å². The lowest BCUT2D eigenvalue weighted by atomic mass is 9.80. The quantitative estimate of drug-likeness (QED) is 0.194. The predicted molar refractivity (Wildman–Crippen MR) is 179 cm³/mol. The third-order valence-corrected chi connectivity index (χ3v) is 10.3. The molecule has 2 aliphatic rings. The number of benzene rings is 2. The molecule has 0 saturated carbocycles. The van der Waals surface area contributed by atoms with Gasteiger partial charge in [0.05, 0.1) is 40.2 Å². The smallest absolute Gasteiger partial charge is 0.408 e. The lowest BCUT2D eigenvalue weighted by molar-refractivity contribution is -0.139. The van der Waals surface area contributed by atoms with E-state index in [1.165, 1.54) is 16.2 Å². The van der Waals surface area contributed by atoms with E-state index in [0.717, 1.165) is 68.6 Å². The summed E-state index contributed by atoms with van der Waals surface area (Å²) in [6.07, 6.45) is 4.43. The van der Waals surface area contributed by atoms with Gasteiger partial charge < -0.3 is 19.9 Å². The predicted octanol–water partition coefficient (Wildman–Crippen LogP) is 6.02. The summed E-state index contributed by atoms with van der Waals surface area (Å²) in [5, 5.41) is 17.6. The molecule has 47 heavy (non-hydrogen) atoms. The van der Waals surface area contributed by atoms with E-state index in [2.05, 4.69) is 26.3 Å². The molecule has 5 aromatic rings. The molecule has 12 heteroatoms. The van der Waals surface area contributed by atoms with Crippen LogP contribution in [-0.2, 0) is 34.0 Å². The third kappa shape index (κ3) is 6.20. The summed E-state index contributed by atoms with van der Waals surface area (Å²) in [6.45, 7) is 2.32. The van der Waals surface area contributed by atoms with E-state index in [0.29, 0.717) is 11.6 Å². The van der Waals surface area contributed by atoms with Crippen molar-refractivity contribution in [2.24, 2.45) is 5.41 Å². The summed E-state index contributed by atoms with van der Waals surface area (Å²) < 4.78 is 8.31. The number of alkyl carbamates (subject to hydrolysis) is 1. The number of nitrogens with zero attached hydrogens (tertiary/aromatic N) is 4. The maximum atomic E-state index is 13.2. The molecule has 0 bridgehead atoms. The van der Waals surface area contributed by atoms with Crippen LogP contribution in [0.25, 0.3) is 32.2 Å². The van der Waals surface area contributed by atoms with Crippen molar-refractivity contribution in [2.75, 3.05) is 13.1 Å². The minimum absolute atomic E-state index is 0.0582. The van der Waals surface area contributed by atoms with Gasteiger partial charge in [0.15, 0.2) is 0 Å². The molecule has 3 amide bonds. The lowest BCUT2D eigenvalue weighted by Gasteiger charge is -2.32. The molecule has 2 aliphatic heterocycles. The number of hydrogen-bond acceptors (Lipinski definition) is 8. The van der Waals surface area contributed by atoms with Gasteiger partial charge in [-0.2, -0.15) is 5.26 Å². The average molecular weight is 667 g/mol. The molecule has 0 aliphatic carbocycles. The number of pyridine rings is 1. The van der Waals surface area contributed by atoms with Gasteiger partial charge in [0.25, 0.3) is 5.91 Å². The number of carbonyl (C=O) groups is 3. The van der Waals surface area contributed by atoms with Gasteiger partial charge in [-0.15, -0.1) is 11.3 Å². The van der Waals surface area contributed by atoms with Gasteiger partial charge in [-0.3, -0.25) is 19.5 Å². The molecule has 5 heterocycles. The zero-order valence-corrected chi connectivity index (χ0v) is 26.9. The minimum atomic E-state index is -0.988. The van der Waals surface area contributed by atoms with Crippen molar-refractivity contribution in [1.82, 2.24) is 25.1 Å². The Morgan fingerprint density at radius 3 is 2.72 bits per heavy atom. The topological polar surface area (TPSA) is 129 Å². The first-order valence-corrected chi connectivity index (χ1v) is 16.6. The maximum Gasteiger partial charge on any atom is 0.408 e. The molecule has 7 rings (SSSR count). The van der Waals surface area contributed by atoms with Crippen molar-refractivity contribution < 1.29 is 19.1 Å². The number of thiophene rings is 1. The summed E-state index contributed by atoms with van der Waals surface area (Å²) in [4.78, 5) is 45.1. The van der Waals surface area contributed by atoms with Gasteiger partial charge in [0, 0.05) is 45.4 Å². The second-order valence-corrected chi connectivity index (χ2v) is 13.6. The van der Waals surface area contributed by atoms with E-state index in [4.69, 9.17) is 16.3 Å². The number of piperidine rings is 1. The normalized spacial score (nSPS) is 17.7. The van der Waals surface area contributed by atoms with Crippen molar-refractivity contribution >= 4 is 62.0 Å². The number of aromatic nitrogens is 2. The molecule has 3 aromatic heterocycles. The molecule has 0 radical (unpaired) electrons. The summed E-state index contributed by atoms with van der Waals surface area (Å²) >= 11 is 8.09. The summed E-state index contributed by atoms with van der Waals surface area (Å²) in [6, 6.07) is 20.6. The van der Waals surface area contributed by atoms with Crippen LogP contribution in [0.5, 0.6) is 0 Å². The van der Waals surface area contributed by atoms with Crippen LogP contribution in [0.1, 0.15) is 29.7 Å². The number of halogens is 1. The highest BCUT2D eigenvalue weighted by Crippen LogP contribution is 2.41. The van der Waals surface area contributed by atoms with E-state index in [1.54, 1.807) is 6.20 Å². The van der Waals surface area contributed by atoms with Gasteiger partial charge in [-0.1, -0.05) is 41.9 Å². The van der Waals surface area contributed by atoms with Crippen LogP contribution in [-0.4, -0.2) is 51.5 Å². The van der Waals surface area contributed by atoms with Gasteiger partial charge in [0.1, 0.15) is 12.6 Å². The molecule has 1 atom stereocenters. The van der Waals surface area contributed by atoms with Crippen LogP contribution in [0.3, 0.4) is 0 Å². The highest BCUT2D eigenvalue weighted by Gasteiger charge is 2.40. The second kappa shape index (κ2) is 12.8. The van der Waals surface area contributed by atoms with Crippen LogP contribution in [0.2, 0.25) is 5.02 Å². The van der Waals surface area contributed by atoms with E-state index in [9.17, 15) is 19.6 Å². The number of likely N-dealkylation sites (tertiary alicyclic amines) is 1. The molecule has 10 nitrogen and oxygen atoms in total. The van der Waals surface area contributed by atoms with Crippen LogP contribution in [0.15, 0.2) is 73.1 Å². The Hall–Kier alpha value is -4.76. The Morgan fingerprint density at radius 2 is 1.94 bits per heavy atom. The number of nitrogens with one attached hydrogen (secondary N) is 2. The number of rotatable bonds is 8. The monoisotopic (exact) mass is 666 g/mol. The summed E-state index contributed by atoms with van der Waals surface area (Å²) in [5.41, 5.74) is 3.93. The minimum Gasteiger partial charge on any atom is -0.445 e. The molecule has 238 valence electrons. The van der Waals surface area contributed by atoms with Crippen molar-refractivity contribution in [3.05, 3.63) is 88.5 Å². The first-order chi connectivity index (χ1) is 22.8. The largest absolute Gasteiger partial charge is 0.445 e. The molecule has 2 fully saturated rings. The third-order valence-electron chi connectivity index (χ3n) is 8.91. The number of fused-ring (bicyclic) bond motifs is 2. The van der Waals surface area contributed by atoms with E-state index in [1.807, 2.05) is 66.9 Å². The van der Waals surface area contributed by atoms with Crippen molar-refractivity contribution in [1.29, 1.82) is 5.26 Å². The SMILES string of the molecule is N#CC1(Cn2ccc3cc(Cl)cc(-c4ccnc5cc(CN6C(=O)C[C@@H](NC(=O)OCc7ccccc7)C6=O)sc45)c32)CCNCC1. The highest BCUT2D eigenvalue weighted by atomic mass is 35.5. The Kier molecular flexibility index (Phi) is 8.40. The molecule has 2 aromatic carbocycles. The van der Waals surface area contributed by atoms with Crippen LogP contribution in [0.4, 0.5) is 4.79 Å². The van der Waals surface area contributed by atoms with Crippen LogP contribution in [0, 0.1) is 16.7 Å². The summed E-state index contributed by atoms with van der Waals surface area (Å²) in [5.74, 6) is -0.844. The van der Waals surface area contributed by atoms with Crippen molar-refractivity contribution in [3.8, 4) is 17.2 Å². The van der Waals surface area contributed by atoms with Crippen molar-refractivity contribution in [3.63, 3.8) is 0 Å². The first kappa shape index (κ1) is 30.9. The summed E-state index contributed by atoms with van der Waals surface area (Å²) in [7, 11) is 0. The molecule has 2 N–H and O–H groups in total. The standard InChI is InChI=1S/C35H31ClN6O4S/c36-24-14-23-7-13-41(21-35(20-37)8-11-38-12-9-35)31(23)27(15-24)26-6-10-39-28-16-25(47-32(26)28)18-42-30(43)17-29(33(42)44)40-34(45)46-19-22-4-2-1-3-5-22/h1-7,10,13-16,29,38H,8-9,11-12,17-19,21H2,(H,40,45)/t29-/m1/s1. The van der Waals surface area contributed by atoms with E-state index >= 15 is 0 Å². The van der Waals surface area contributed by atoms with Crippen LogP contribution < -0.4 is 10.6 Å². The van der Waals surface area contributed by atoms with Gasteiger partial charge in [0.2, 0.25) is 5.91 Å².